The van der Waals surface area contributed by atoms with E-state index in [0.717, 1.165) is 0 Å². The fourth-order valence-corrected chi connectivity index (χ4v) is 1.61. The third-order valence-electron chi connectivity index (χ3n) is 2.73. The quantitative estimate of drug-likeness (QED) is 0.796. The van der Waals surface area contributed by atoms with Crippen LogP contribution in [0, 0.1) is 6.92 Å². The zero-order valence-electron chi connectivity index (χ0n) is 11.4. The summed E-state index contributed by atoms with van der Waals surface area (Å²) in [6.07, 6.45) is 0.747. The number of nitrogens with zero attached hydrogens (tertiary/aromatic N) is 1. The van der Waals surface area contributed by atoms with Gasteiger partial charge in [-0.2, -0.15) is 0 Å². The Bertz CT molecular complexity index is 522. The number of hydrogen-bond acceptors (Lipinski definition) is 4. The molecule has 0 aliphatic heterocycles. The van der Waals surface area contributed by atoms with Gasteiger partial charge in [-0.3, -0.25) is 14.4 Å². The standard InChI is InChI=1S/C13H18N2O4/c1-9-6-7-10(12(17)14-9)13(18)15(2)8-4-5-11(16)19-3/h6-7H,4-5,8H2,1-3H3,(H,14,17). The molecule has 6 nitrogen and oxygen atoms in total. The fraction of sp³-hybridized carbons (Fsp3) is 0.462. The zero-order valence-corrected chi connectivity index (χ0v) is 11.4. The predicted molar refractivity (Wildman–Crippen MR) is 70.0 cm³/mol. The van der Waals surface area contributed by atoms with E-state index in [9.17, 15) is 14.4 Å². The molecule has 0 saturated heterocycles. The van der Waals surface area contributed by atoms with Crippen LogP contribution in [0.15, 0.2) is 16.9 Å². The van der Waals surface area contributed by atoms with Crippen LogP contribution in [-0.2, 0) is 9.53 Å². The average Bonchev–Trinajstić information content (AvgIpc) is 2.37. The predicted octanol–water partition coefficient (Wildman–Crippen LogP) is 0.709. The van der Waals surface area contributed by atoms with Crippen molar-refractivity contribution in [3.63, 3.8) is 0 Å². The van der Waals surface area contributed by atoms with E-state index in [4.69, 9.17) is 0 Å². The molecule has 19 heavy (non-hydrogen) atoms. The van der Waals surface area contributed by atoms with Crippen molar-refractivity contribution >= 4 is 11.9 Å². The molecule has 0 unspecified atom stereocenters. The Hall–Kier alpha value is -2.11. The summed E-state index contributed by atoms with van der Waals surface area (Å²) in [5, 5.41) is 0. The Morgan fingerprint density at radius 1 is 1.37 bits per heavy atom. The van der Waals surface area contributed by atoms with Gasteiger partial charge in [0.25, 0.3) is 11.5 Å². The van der Waals surface area contributed by atoms with Crippen molar-refractivity contribution in [3.05, 3.63) is 33.7 Å². The lowest BCUT2D eigenvalue weighted by molar-refractivity contribution is -0.140. The number of carbonyl (C=O) groups excluding carboxylic acids is 2. The Labute approximate surface area is 111 Å². The van der Waals surface area contributed by atoms with Crippen LogP contribution in [0.5, 0.6) is 0 Å². The lowest BCUT2D eigenvalue weighted by Gasteiger charge is -2.16. The van der Waals surface area contributed by atoms with Gasteiger partial charge in [0.15, 0.2) is 0 Å². The normalized spacial score (nSPS) is 10.1. The molecule has 0 fully saturated rings. The van der Waals surface area contributed by atoms with Gasteiger partial charge in [-0.1, -0.05) is 0 Å². The molecule has 0 atom stereocenters. The molecule has 1 N–H and O–H groups in total. The molecule has 1 aromatic rings. The number of amides is 1. The maximum atomic E-state index is 12.0. The molecular formula is C13H18N2O4. The van der Waals surface area contributed by atoms with Crippen molar-refractivity contribution in [1.82, 2.24) is 9.88 Å². The Morgan fingerprint density at radius 3 is 2.63 bits per heavy atom. The van der Waals surface area contributed by atoms with Crippen molar-refractivity contribution < 1.29 is 14.3 Å². The van der Waals surface area contributed by atoms with Crippen LogP contribution in [0.3, 0.4) is 0 Å². The second-order valence-electron chi connectivity index (χ2n) is 4.29. The number of carbonyl (C=O) groups is 2. The number of aromatic amines is 1. The van der Waals surface area contributed by atoms with Crippen LogP contribution in [0.2, 0.25) is 0 Å². The molecule has 0 radical (unpaired) electrons. The molecule has 0 saturated carbocycles. The first-order chi connectivity index (χ1) is 8.95. The van der Waals surface area contributed by atoms with Gasteiger partial charge in [-0.15, -0.1) is 0 Å². The Kier molecular flexibility index (Phi) is 5.29. The van der Waals surface area contributed by atoms with E-state index >= 15 is 0 Å². The zero-order chi connectivity index (χ0) is 14.4. The highest BCUT2D eigenvalue weighted by Crippen LogP contribution is 2.01. The average molecular weight is 266 g/mol. The van der Waals surface area contributed by atoms with Gasteiger partial charge >= 0.3 is 5.97 Å². The number of aryl methyl sites for hydroxylation is 1. The number of H-pyrrole nitrogens is 1. The first-order valence-corrected chi connectivity index (χ1v) is 5.98. The number of ether oxygens (including phenoxy) is 1. The van der Waals surface area contributed by atoms with E-state index in [1.165, 1.54) is 18.1 Å². The largest absolute Gasteiger partial charge is 0.469 e. The van der Waals surface area contributed by atoms with Gasteiger partial charge in [0.2, 0.25) is 0 Å². The van der Waals surface area contributed by atoms with E-state index in [0.29, 0.717) is 18.7 Å². The number of hydrogen-bond donors (Lipinski definition) is 1. The third kappa shape index (κ3) is 4.24. The molecule has 0 aliphatic rings. The molecule has 104 valence electrons. The monoisotopic (exact) mass is 266 g/mol. The summed E-state index contributed by atoms with van der Waals surface area (Å²) in [5.41, 5.74) is 0.408. The third-order valence-corrected chi connectivity index (χ3v) is 2.73. The molecule has 1 aromatic heterocycles. The van der Waals surface area contributed by atoms with E-state index in [1.807, 2.05) is 0 Å². The molecule has 1 heterocycles. The highest BCUT2D eigenvalue weighted by Gasteiger charge is 2.15. The lowest BCUT2D eigenvalue weighted by Crippen LogP contribution is -2.32. The minimum Gasteiger partial charge on any atom is -0.469 e. The highest BCUT2D eigenvalue weighted by molar-refractivity contribution is 5.93. The molecule has 1 rings (SSSR count). The molecule has 0 aromatic carbocycles. The van der Waals surface area contributed by atoms with E-state index in [2.05, 4.69) is 9.72 Å². The van der Waals surface area contributed by atoms with Crippen molar-refractivity contribution in [2.45, 2.75) is 19.8 Å². The van der Waals surface area contributed by atoms with Crippen LogP contribution >= 0.6 is 0 Å². The van der Waals surface area contributed by atoms with Crippen LogP contribution in [0.25, 0.3) is 0 Å². The van der Waals surface area contributed by atoms with Gasteiger partial charge in [-0.05, 0) is 25.5 Å². The summed E-state index contributed by atoms with van der Waals surface area (Å²) < 4.78 is 4.51. The van der Waals surface area contributed by atoms with Gasteiger partial charge in [0.05, 0.1) is 7.11 Å². The van der Waals surface area contributed by atoms with E-state index in [-0.39, 0.29) is 23.9 Å². The second-order valence-corrected chi connectivity index (χ2v) is 4.29. The number of esters is 1. The highest BCUT2D eigenvalue weighted by atomic mass is 16.5. The van der Waals surface area contributed by atoms with Crippen molar-refractivity contribution in [2.24, 2.45) is 0 Å². The molecule has 1 amide bonds. The lowest BCUT2D eigenvalue weighted by atomic mass is 10.2. The number of pyridine rings is 1. The van der Waals surface area contributed by atoms with Gasteiger partial charge < -0.3 is 14.6 Å². The Balaban J connectivity index is 2.62. The molecular weight excluding hydrogens is 248 g/mol. The van der Waals surface area contributed by atoms with Crippen LogP contribution < -0.4 is 5.56 Å². The van der Waals surface area contributed by atoms with E-state index < -0.39 is 5.56 Å². The minimum absolute atomic E-state index is 0.103. The molecule has 0 bridgehead atoms. The fourth-order valence-electron chi connectivity index (χ4n) is 1.61. The first-order valence-electron chi connectivity index (χ1n) is 5.98. The minimum atomic E-state index is -0.398. The van der Waals surface area contributed by atoms with Crippen molar-refractivity contribution in [1.29, 1.82) is 0 Å². The topological polar surface area (TPSA) is 79.5 Å². The number of aromatic nitrogens is 1. The second kappa shape index (κ2) is 6.72. The summed E-state index contributed by atoms with van der Waals surface area (Å²) in [6, 6.07) is 3.18. The first kappa shape index (κ1) is 14.9. The van der Waals surface area contributed by atoms with Gasteiger partial charge in [0.1, 0.15) is 5.56 Å². The summed E-state index contributed by atoms with van der Waals surface area (Å²) in [7, 11) is 2.92. The summed E-state index contributed by atoms with van der Waals surface area (Å²) in [5.74, 6) is -0.667. The maximum Gasteiger partial charge on any atom is 0.305 e. The number of rotatable bonds is 5. The maximum absolute atomic E-state index is 12.0. The van der Waals surface area contributed by atoms with Crippen LogP contribution in [0.4, 0.5) is 0 Å². The Morgan fingerprint density at radius 2 is 2.05 bits per heavy atom. The number of methoxy groups -OCH3 is 1. The van der Waals surface area contributed by atoms with Crippen molar-refractivity contribution in [2.75, 3.05) is 20.7 Å². The number of nitrogens with one attached hydrogen (secondary N) is 1. The molecule has 0 spiro atoms. The SMILES string of the molecule is COC(=O)CCCN(C)C(=O)c1ccc(C)[nH]c1=O. The van der Waals surface area contributed by atoms with Crippen LogP contribution in [-0.4, -0.2) is 42.5 Å². The van der Waals surface area contributed by atoms with Gasteiger partial charge in [0, 0.05) is 25.7 Å². The summed E-state index contributed by atoms with van der Waals surface area (Å²) in [6.45, 7) is 2.14. The summed E-state index contributed by atoms with van der Waals surface area (Å²) >= 11 is 0. The van der Waals surface area contributed by atoms with Crippen molar-refractivity contribution in [3.8, 4) is 0 Å². The molecule has 0 aliphatic carbocycles. The van der Waals surface area contributed by atoms with Crippen LogP contribution in [0.1, 0.15) is 28.9 Å². The van der Waals surface area contributed by atoms with E-state index in [1.54, 1.807) is 20.0 Å². The smallest absolute Gasteiger partial charge is 0.305 e. The summed E-state index contributed by atoms with van der Waals surface area (Å²) in [4.78, 5) is 38.6. The molecule has 6 heteroatoms. The van der Waals surface area contributed by atoms with Gasteiger partial charge in [-0.25, -0.2) is 0 Å².